The van der Waals surface area contributed by atoms with Crippen LogP contribution in [0.15, 0.2) is 35.0 Å². The van der Waals surface area contributed by atoms with Gasteiger partial charge in [0.25, 0.3) is 5.56 Å². The lowest BCUT2D eigenvalue weighted by Gasteiger charge is -2.39. The molecule has 1 aliphatic rings. The van der Waals surface area contributed by atoms with Gasteiger partial charge in [-0.1, -0.05) is 20.8 Å². The van der Waals surface area contributed by atoms with Gasteiger partial charge in [-0.2, -0.15) is 0 Å². The molecule has 1 aliphatic heterocycles. The summed E-state index contributed by atoms with van der Waals surface area (Å²) >= 11 is 0. The Labute approximate surface area is 154 Å². The predicted octanol–water partition coefficient (Wildman–Crippen LogP) is 2.80. The van der Waals surface area contributed by atoms with Crippen molar-refractivity contribution in [3.8, 4) is 0 Å². The summed E-state index contributed by atoms with van der Waals surface area (Å²) in [7, 11) is -2.12. The first-order valence-electron chi connectivity index (χ1n) is 8.57. The highest BCUT2D eigenvalue weighted by molar-refractivity contribution is 6.74. The summed E-state index contributed by atoms with van der Waals surface area (Å²) < 4.78 is 18.8. The minimum absolute atomic E-state index is 0.00386. The zero-order valence-electron chi connectivity index (χ0n) is 16.2. The molecule has 7 nitrogen and oxygen atoms in total. The molecule has 1 aromatic rings. The lowest BCUT2D eigenvalue weighted by atomic mass is 10.2. The van der Waals surface area contributed by atoms with Crippen LogP contribution >= 0.6 is 0 Å². The van der Waals surface area contributed by atoms with Gasteiger partial charge in [0.05, 0.1) is 0 Å². The number of carbonyl (C=O) groups excluding carboxylic acids is 1. The number of anilines is 1. The minimum Gasteiger partial charge on any atom is -0.468 e. The summed E-state index contributed by atoms with van der Waals surface area (Å²) in [5.41, 5.74) is 5.79. The van der Waals surface area contributed by atoms with Crippen LogP contribution < -0.4 is 11.3 Å². The first-order chi connectivity index (χ1) is 11.9. The van der Waals surface area contributed by atoms with Gasteiger partial charge in [0.15, 0.2) is 8.32 Å². The Bertz CT molecular complexity index is 764. The smallest absolute Gasteiger partial charge is 0.303 e. The summed E-state index contributed by atoms with van der Waals surface area (Å²) in [5.74, 6) is 0.0714. The highest BCUT2D eigenvalue weighted by Crippen LogP contribution is 2.40. The van der Waals surface area contributed by atoms with E-state index in [-0.39, 0.29) is 17.2 Å². The average molecular weight is 381 g/mol. The van der Waals surface area contributed by atoms with E-state index in [1.54, 1.807) is 18.3 Å². The highest BCUT2D eigenvalue weighted by atomic mass is 28.4. The molecule has 2 atom stereocenters. The van der Waals surface area contributed by atoms with Crippen LogP contribution in [0.25, 0.3) is 0 Å². The predicted molar refractivity (Wildman–Crippen MR) is 102 cm³/mol. The number of nitrogens with two attached hydrogens (primary N) is 1. The summed E-state index contributed by atoms with van der Waals surface area (Å²) in [6.45, 7) is 12.0. The van der Waals surface area contributed by atoms with Crippen molar-refractivity contribution in [2.75, 3.05) is 12.3 Å². The Morgan fingerprint density at radius 1 is 1.38 bits per heavy atom. The summed E-state index contributed by atoms with van der Waals surface area (Å²) in [5, 5.41) is -0.00386. The molecule has 0 bridgehead atoms. The Hall–Kier alpha value is -2.06. The van der Waals surface area contributed by atoms with E-state index in [2.05, 4.69) is 33.9 Å². The molecule has 26 heavy (non-hydrogen) atoms. The molecule has 1 aromatic heterocycles. The first-order valence-corrected chi connectivity index (χ1v) is 11.5. The minimum atomic E-state index is -2.12. The molecule has 2 N–H and O–H groups in total. The van der Waals surface area contributed by atoms with Gasteiger partial charge in [0.2, 0.25) is 6.23 Å². The molecule has 0 spiro atoms. The van der Waals surface area contributed by atoms with Crippen LogP contribution in [-0.4, -0.2) is 31.6 Å². The molecule has 144 valence electrons. The Kier molecular flexibility index (Phi) is 5.67. The molecule has 0 saturated carbocycles. The third-order valence-electron chi connectivity index (χ3n) is 4.80. The zero-order chi connectivity index (χ0) is 19.7. The van der Waals surface area contributed by atoms with E-state index in [1.807, 2.05) is 0 Å². The van der Waals surface area contributed by atoms with E-state index in [0.29, 0.717) is 11.4 Å². The van der Waals surface area contributed by atoms with Crippen molar-refractivity contribution in [3.05, 3.63) is 40.5 Å². The first kappa shape index (κ1) is 20.3. The molecular formula is C18H28N2O5Si. The fourth-order valence-electron chi connectivity index (χ4n) is 2.32. The van der Waals surface area contributed by atoms with Gasteiger partial charge >= 0.3 is 5.97 Å². The summed E-state index contributed by atoms with van der Waals surface area (Å²) in [4.78, 5) is 23.4. The Morgan fingerprint density at radius 3 is 2.58 bits per heavy atom. The van der Waals surface area contributed by atoms with Crippen LogP contribution in [0, 0.1) is 0 Å². The molecule has 2 rings (SSSR count). The van der Waals surface area contributed by atoms with E-state index in [1.165, 1.54) is 17.6 Å². The summed E-state index contributed by atoms with van der Waals surface area (Å²) in [6.07, 6.45) is 2.26. The van der Waals surface area contributed by atoms with Crippen LogP contribution in [-0.2, 0) is 18.7 Å². The monoisotopic (exact) mass is 380 g/mol. The Balaban J connectivity index is 2.33. The Morgan fingerprint density at radius 2 is 2.04 bits per heavy atom. The van der Waals surface area contributed by atoms with Gasteiger partial charge in [-0.05, 0) is 30.3 Å². The number of carbonyl (C=O) groups is 1. The van der Waals surface area contributed by atoms with Crippen LogP contribution in [0.3, 0.4) is 0 Å². The third-order valence-corrected chi connectivity index (χ3v) is 9.28. The van der Waals surface area contributed by atoms with Gasteiger partial charge < -0.3 is 19.6 Å². The van der Waals surface area contributed by atoms with Gasteiger partial charge in [0.1, 0.15) is 18.5 Å². The fraction of sp³-hybridized carbons (Fsp3) is 0.556. The number of hydrogen-bond acceptors (Lipinski definition) is 6. The second kappa shape index (κ2) is 7.28. The van der Waals surface area contributed by atoms with Crippen LogP contribution in [0.5, 0.6) is 0 Å². The second-order valence-corrected chi connectivity index (χ2v) is 12.7. The standard InChI is InChI=1S/C18H28N2O5Si/c1-12(21)23-11-14-10-15(25-26(5,6)18(2,3)4)17(24-14)20-8-7-13(19)9-16(20)22/h7-10,15,17H,11,19H2,1-6H3/t15?,17-/m1/s1. The number of nitrogen functional groups attached to an aromatic ring is 1. The van der Waals surface area contributed by atoms with E-state index < -0.39 is 26.6 Å². The van der Waals surface area contributed by atoms with Gasteiger partial charge in [0, 0.05) is 24.9 Å². The molecule has 0 saturated heterocycles. The molecule has 0 amide bonds. The van der Waals surface area contributed by atoms with Crippen LogP contribution in [0.4, 0.5) is 5.69 Å². The van der Waals surface area contributed by atoms with E-state index in [4.69, 9.17) is 19.6 Å². The number of nitrogens with zero attached hydrogens (tertiary/aromatic N) is 1. The van der Waals surface area contributed by atoms with E-state index in [9.17, 15) is 9.59 Å². The SMILES string of the molecule is CC(=O)OCC1=CC(O[Si](C)(C)C(C)(C)C)[C@H](n2ccc(N)cc2=O)O1. The number of esters is 1. The number of pyridine rings is 1. The van der Waals surface area contributed by atoms with Crippen LogP contribution in [0.1, 0.15) is 33.9 Å². The molecule has 8 heteroatoms. The van der Waals surface area contributed by atoms with E-state index >= 15 is 0 Å². The molecule has 0 radical (unpaired) electrons. The lowest BCUT2D eigenvalue weighted by Crippen LogP contribution is -2.45. The molecule has 2 heterocycles. The third kappa shape index (κ3) is 4.56. The van der Waals surface area contributed by atoms with Gasteiger partial charge in [-0.15, -0.1) is 0 Å². The van der Waals surface area contributed by atoms with Crippen molar-refractivity contribution in [2.24, 2.45) is 0 Å². The normalized spacial score (nSPS) is 20.5. The van der Waals surface area contributed by atoms with Crippen molar-refractivity contribution < 1.29 is 18.7 Å². The van der Waals surface area contributed by atoms with E-state index in [0.717, 1.165) is 0 Å². The maximum atomic E-state index is 12.4. The van der Waals surface area contributed by atoms with Crippen molar-refractivity contribution in [1.29, 1.82) is 0 Å². The van der Waals surface area contributed by atoms with Crippen molar-refractivity contribution in [3.63, 3.8) is 0 Å². The molecule has 0 fully saturated rings. The number of hydrogen-bond donors (Lipinski definition) is 1. The number of aromatic nitrogens is 1. The average Bonchev–Trinajstić information content (AvgIpc) is 2.86. The van der Waals surface area contributed by atoms with Crippen molar-refractivity contribution in [1.82, 2.24) is 4.57 Å². The van der Waals surface area contributed by atoms with Crippen molar-refractivity contribution >= 4 is 20.0 Å². The zero-order valence-corrected chi connectivity index (χ0v) is 17.2. The topological polar surface area (TPSA) is 92.8 Å². The summed E-state index contributed by atoms with van der Waals surface area (Å²) in [6, 6.07) is 2.98. The maximum Gasteiger partial charge on any atom is 0.303 e. The fourth-order valence-corrected chi connectivity index (χ4v) is 3.54. The molecular weight excluding hydrogens is 352 g/mol. The molecule has 1 unspecified atom stereocenters. The molecule has 0 aromatic carbocycles. The largest absolute Gasteiger partial charge is 0.468 e. The highest BCUT2D eigenvalue weighted by Gasteiger charge is 2.43. The van der Waals surface area contributed by atoms with Crippen LogP contribution in [0.2, 0.25) is 18.1 Å². The second-order valence-electron chi connectivity index (χ2n) is 7.97. The maximum absolute atomic E-state index is 12.4. The lowest BCUT2D eigenvalue weighted by molar-refractivity contribution is -0.141. The number of rotatable bonds is 5. The van der Waals surface area contributed by atoms with Crippen molar-refractivity contribution in [2.45, 2.75) is 58.2 Å². The van der Waals surface area contributed by atoms with Gasteiger partial charge in [-0.3, -0.25) is 14.2 Å². The molecule has 0 aliphatic carbocycles. The van der Waals surface area contributed by atoms with Gasteiger partial charge in [-0.25, -0.2) is 0 Å². The number of ether oxygens (including phenoxy) is 2. The quantitative estimate of drug-likeness (QED) is 0.624.